The van der Waals surface area contributed by atoms with E-state index >= 15 is 0 Å². The van der Waals surface area contributed by atoms with E-state index in [1.807, 2.05) is 42.5 Å². The summed E-state index contributed by atoms with van der Waals surface area (Å²) in [5, 5.41) is 9.06. The van der Waals surface area contributed by atoms with Crippen LogP contribution < -0.4 is 20.1 Å². The van der Waals surface area contributed by atoms with Gasteiger partial charge in [-0.1, -0.05) is 49.4 Å². The second-order valence-electron chi connectivity index (χ2n) is 10.4. The molecule has 1 aliphatic heterocycles. The largest absolute Gasteiger partial charge is 0.481 e. The summed E-state index contributed by atoms with van der Waals surface area (Å²) >= 11 is 0. The monoisotopic (exact) mass is 530 g/mol. The molecule has 0 radical (unpaired) electrons. The van der Waals surface area contributed by atoms with Gasteiger partial charge in [0, 0.05) is 18.0 Å². The minimum atomic E-state index is -0.720. The summed E-state index contributed by atoms with van der Waals surface area (Å²) in [6, 6.07) is 18.1. The number of carbonyl (C=O) groups excluding carboxylic acids is 1. The van der Waals surface area contributed by atoms with Gasteiger partial charge in [-0.2, -0.15) is 9.97 Å². The Morgan fingerprint density at radius 2 is 1.82 bits per heavy atom. The number of fused-ring (bicyclic) bond motifs is 1. The van der Waals surface area contributed by atoms with Crippen LogP contribution >= 0.6 is 0 Å². The van der Waals surface area contributed by atoms with Gasteiger partial charge >= 0.3 is 12.0 Å². The molecule has 1 amide bonds. The molecule has 2 aromatic carbocycles. The first-order valence-electron chi connectivity index (χ1n) is 13.5. The topological polar surface area (TPSA) is 128 Å². The molecule has 1 atom stereocenters. The lowest BCUT2D eigenvalue weighted by Crippen LogP contribution is -2.32. The fraction of sp³-hybridized carbons (Fsp3) is 0.400. The molecule has 2 aliphatic rings. The van der Waals surface area contributed by atoms with Crippen molar-refractivity contribution in [2.45, 2.75) is 50.9 Å². The quantitative estimate of drug-likeness (QED) is 0.415. The fourth-order valence-corrected chi connectivity index (χ4v) is 5.47. The number of rotatable bonds is 8. The van der Waals surface area contributed by atoms with E-state index in [0.29, 0.717) is 19.1 Å². The van der Waals surface area contributed by atoms with Gasteiger partial charge in [-0.05, 0) is 60.8 Å². The van der Waals surface area contributed by atoms with Crippen molar-refractivity contribution in [2.24, 2.45) is 5.92 Å². The van der Waals surface area contributed by atoms with Gasteiger partial charge in [-0.15, -0.1) is 0 Å². The third-order valence-corrected chi connectivity index (χ3v) is 7.71. The molecule has 9 heteroatoms. The van der Waals surface area contributed by atoms with Gasteiger partial charge in [0.25, 0.3) is 5.91 Å². The van der Waals surface area contributed by atoms with E-state index < -0.39 is 5.97 Å². The Bertz CT molecular complexity index is 1310. The zero-order valence-corrected chi connectivity index (χ0v) is 22.1. The van der Waals surface area contributed by atoms with Crippen molar-refractivity contribution in [3.05, 3.63) is 71.3 Å². The molecular formula is C30H34N4O5. The van der Waals surface area contributed by atoms with Crippen molar-refractivity contribution in [2.75, 3.05) is 30.4 Å². The summed E-state index contributed by atoms with van der Waals surface area (Å²) in [6.45, 7) is 3.01. The highest BCUT2D eigenvalue weighted by atomic mass is 16.5. The SMILES string of the molecule is C[C@H](COc1nc(N)c2c(n1)OCCN(c1ccc(C3CCC(CC(=O)O)CC3)cc1)C2=O)c1ccccc1. The summed E-state index contributed by atoms with van der Waals surface area (Å²) in [6.07, 6.45) is 4.05. The number of anilines is 2. The van der Waals surface area contributed by atoms with Gasteiger partial charge in [-0.3, -0.25) is 9.59 Å². The summed E-state index contributed by atoms with van der Waals surface area (Å²) in [5.41, 5.74) is 9.46. The number of hydrogen-bond acceptors (Lipinski definition) is 7. The Hall–Kier alpha value is -4.14. The van der Waals surface area contributed by atoms with Crippen LogP contribution in [-0.4, -0.2) is 46.7 Å². The van der Waals surface area contributed by atoms with E-state index in [1.165, 1.54) is 5.56 Å². The van der Waals surface area contributed by atoms with Gasteiger partial charge in [0.05, 0.1) is 13.2 Å². The molecule has 3 N–H and O–H groups in total. The normalized spacial score (nSPS) is 19.9. The van der Waals surface area contributed by atoms with E-state index in [9.17, 15) is 9.59 Å². The number of aromatic nitrogens is 2. The number of hydrogen-bond donors (Lipinski definition) is 2. The van der Waals surface area contributed by atoms with Crippen LogP contribution in [0.3, 0.4) is 0 Å². The number of carbonyl (C=O) groups is 2. The lowest BCUT2D eigenvalue weighted by atomic mass is 9.77. The van der Waals surface area contributed by atoms with Crippen molar-refractivity contribution in [3.63, 3.8) is 0 Å². The van der Waals surface area contributed by atoms with Crippen LogP contribution in [0.15, 0.2) is 54.6 Å². The van der Waals surface area contributed by atoms with E-state index in [0.717, 1.165) is 36.9 Å². The van der Waals surface area contributed by atoms with Crippen molar-refractivity contribution in [3.8, 4) is 11.9 Å². The standard InChI is InChI=1S/C30H34N4O5/c1-19(21-5-3-2-4-6-21)18-39-30-32-27(31)26-28(33-30)38-16-15-34(29(26)37)24-13-11-23(12-14-24)22-9-7-20(8-10-22)17-25(35)36/h2-6,11-14,19-20,22H,7-10,15-18H2,1H3,(H,35,36)(H2,31,32,33)/t19-,20?,22?/m1/s1. The third-order valence-electron chi connectivity index (χ3n) is 7.71. The van der Waals surface area contributed by atoms with Crippen LogP contribution in [0.5, 0.6) is 11.9 Å². The highest BCUT2D eigenvalue weighted by Crippen LogP contribution is 2.38. The van der Waals surface area contributed by atoms with Crippen molar-refractivity contribution >= 4 is 23.4 Å². The zero-order valence-electron chi connectivity index (χ0n) is 22.1. The maximum atomic E-state index is 13.5. The van der Waals surface area contributed by atoms with Gasteiger partial charge in [0.1, 0.15) is 18.0 Å². The minimum Gasteiger partial charge on any atom is -0.481 e. The van der Waals surface area contributed by atoms with E-state index in [4.69, 9.17) is 20.3 Å². The smallest absolute Gasteiger partial charge is 0.321 e. The lowest BCUT2D eigenvalue weighted by Gasteiger charge is -2.28. The number of ether oxygens (including phenoxy) is 2. The van der Waals surface area contributed by atoms with Crippen LogP contribution in [0, 0.1) is 5.92 Å². The number of nitrogens with two attached hydrogens (primary N) is 1. The molecule has 0 spiro atoms. The number of carboxylic acids is 1. The third kappa shape index (κ3) is 6.13. The van der Waals surface area contributed by atoms with Crippen molar-refractivity contribution in [1.29, 1.82) is 0 Å². The predicted molar refractivity (Wildman–Crippen MR) is 147 cm³/mol. The number of nitrogen functional groups attached to an aromatic ring is 1. The molecule has 0 saturated heterocycles. The van der Waals surface area contributed by atoms with Crippen LogP contribution in [0.2, 0.25) is 0 Å². The average Bonchev–Trinajstić information content (AvgIpc) is 3.11. The number of amides is 1. The minimum absolute atomic E-state index is 0.0222. The van der Waals surface area contributed by atoms with E-state index in [1.54, 1.807) is 4.90 Å². The first kappa shape index (κ1) is 26.5. The number of benzene rings is 2. The van der Waals surface area contributed by atoms with Crippen molar-refractivity contribution in [1.82, 2.24) is 9.97 Å². The van der Waals surface area contributed by atoms with Crippen LogP contribution in [0.4, 0.5) is 11.5 Å². The summed E-state index contributed by atoms with van der Waals surface area (Å²) < 4.78 is 11.6. The molecule has 5 rings (SSSR count). The highest BCUT2D eigenvalue weighted by molar-refractivity contribution is 6.10. The van der Waals surface area contributed by atoms with Gasteiger partial charge in [0.15, 0.2) is 0 Å². The van der Waals surface area contributed by atoms with Crippen molar-refractivity contribution < 1.29 is 24.2 Å². The molecule has 0 unspecified atom stereocenters. The van der Waals surface area contributed by atoms with Gasteiger partial charge in [-0.25, -0.2) is 0 Å². The summed E-state index contributed by atoms with van der Waals surface area (Å²) in [7, 11) is 0. The van der Waals surface area contributed by atoms with Gasteiger partial charge < -0.3 is 25.2 Å². The molecular weight excluding hydrogens is 496 g/mol. The maximum Gasteiger partial charge on any atom is 0.321 e. The second kappa shape index (κ2) is 11.7. The molecule has 1 aliphatic carbocycles. The molecule has 3 aromatic rings. The van der Waals surface area contributed by atoms with E-state index in [2.05, 4.69) is 29.0 Å². The number of aliphatic carboxylic acids is 1. The molecule has 2 heterocycles. The van der Waals surface area contributed by atoms with Crippen LogP contribution in [-0.2, 0) is 4.79 Å². The molecule has 39 heavy (non-hydrogen) atoms. The molecule has 9 nitrogen and oxygen atoms in total. The molecule has 1 aromatic heterocycles. The summed E-state index contributed by atoms with van der Waals surface area (Å²) in [5.74, 6) is -0.0930. The Kier molecular flexibility index (Phi) is 7.95. The van der Waals surface area contributed by atoms with Crippen LogP contribution in [0.25, 0.3) is 0 Å². The molecule has 0 bridgehead atoms. The first-order valence-corrected chi connectivity index (χ1v) is 13.5. The molecule has 204 valence electrons. The lowest BCUT2D eigenvalue weighted by molar-refractivity contribution is -0.138. The maximum absolute atomic E-state index is 13.5. The number of carboxylic acid groups (broad SMARTS) is 1. The summed E-state index contributed by atoms with van der Waals surface area (Å²) in [4.78, 5) is 34.8. The van der Waals surface area contributed by atoms with Gasteiger partial charge in [0.2, 0.25) is 5.88 Å². The Morgan fingerprint density at radius 1 is 1.10 bits per heavy atom. The Balaban J connectivity index is 1.26. The molecule has 1 saturated carbocycles. The zero-order chi connectivity index (χ0) is 27.4. The highest BCUT2D eigenvalue weighted by Gasteiger charge is 2.30. The predicted octanol–water partition coefficient (Wildman–Crippen LogP) is 5.03. The Morgan fingerprint density at radius 3 is 2.51 bits per heavy atom. The number of nitrogens with zero attached hydrogens (tertiary/aromatic N) is 3. The van der Waals surface area contributed by atoms with E-state index in [-0.39, 0.29) is 54.0 Å². The van der Waals surface area contributed by atoms with Crippen LogP contribution in [0.1, 0.15) is 72.3 Å². The Labute approximate surface area is 228 Å². The molecule has 1 fully saturated rings. The average molecular weight is 531 g/mol. The fourth-order valence-electron chi connectivity index (χ4n) is 5.47. The first-order chi connectivity index (χ1) is 18.9. The second-order valence-corrected chi connectivity index (χ2v) is 10.4.